The van der Waals surface area contributed by atoms with Crippen molar-refractivity contribution in [1.29, 1.82) is 0 Å². The minimum atomic E-state index is -0.907. The van der Waals surface area contributed by atoms with E-state index in [0.29, 0.717) is 31.7 Å². The van der Waals surface area contributed by atoms with Crippen molar-refractivity contribution in [2.24, 2.45) is 0 Å². The van der Waals surface area contributed by atoms with Gasteiger partial charge < -0.3 is 19.5 Å². The number of nitrogens with zero attached hydrogens (tertiary/aromatic N) is 3. The second kappa shape index (κ2) is 11.4. The van der Waals surface area contributed by atoms with Crippen LogP contribution < -0.4 is 9.64 Å². The molecule has 204 valence electrons. The Hall–Kier alpha value is -3.59. The van der Waals surface area contributed by atoms with Gasteiger partial charge >= 0.3 is 12.2 Å². The van der Waals surface area contributed by atoms with Gasteiger partial charge in [0, 0.05) is 30.6 Å². The average Bonchev–Trinajstić information content (AvgIpc) is 3.30. The number of hydrogen-bond acceptors (Lipinski definition) is 5. The summed E-state index contributed by atoms with van der Waals surface area (Å²) in [4.78, 5) is 41.1. The number of amides is 3. The molecule has 4 rings (SSSR count). The molecule has 2 saturated heterocycles. The Morgan fingerprint density at radius 2 is 1.76 bits per heavy atom. The van der Waals surface area contributed by atoms with Crippen molar-refractivity contribution in [2.45, 2.75) is 58.2 Å². The standard InChI is InChI=1S/C29H37N3O6/c1-29(2,3)38-27(34)31-17-18-32(28(35)36,20-22-8-5-4-6-9-22)21-24(31)15-19-37-25-13-11-23(12-14-25)30-16-7-10-26(30)33/h4-6,8-9,11-14,24H,7,10,15-21H2,1-3H3/p+1/t24-,32?/m1/s1. The monoisotopic (exact) mass is 524 g/mol. The molecular weight excluding hydrogens is 486 g/mol. The van der Waals surface area contributed by atoms with Crippen LogP contribution in [0.4, 0.5) is 15.3 Å². The Morgan fingerprint density at radius 3 is 2.37 bits per heavy atom. The third-order valence-corrected chi connectivity index (χ3v) is 7.07. The number of rotatable bonds is 7. The van der Waals surface area contributed by atoms with Crippen molar-refractivity contribution < 1.29 is 33.4 Å². The van der Waals surface area contributed by atoms with E-state index in [1.54, 1.807) is 9.80 Å². The van der Waals surface area contributed by atoms with E-state index in [1.165, 1.54) is 0 Å². The molecule has 2 heterocycles. The van der Waals surface area contributed by atoms with Crippen LogP contribution in [0.15, 0.2) is 54.6 Å². The Morgan fingerprint density at radius 1 is 1.05 bits per heavy atom. The zero-order valence-corrected chi connectivity index (χ0v) is 22.5. The minimum absolute atomic E-state index is 0.133. The lowest BCUT2D eigenvalue weighted by molar-refractivity contribution is -0.878. The Labute approximate surface area is 224 Å². The zero-order chi connectivity index (χ0) is 27.3. The molecule has 2 fully saturated rings. The lowest BCUT2D eigenvalue weighted by atomic mass is 10.0. The summed E-state index contributed by atoms with van der Waals surface area (Å²) < 4.78 is 11.5. The molecule has 2 aliphatic rings. The number of hydrogen-bond donors (Lipinski definition) is 1. The molecule has 38 heavy (non-hydrogen) atoms. The summed E-state index contributed by atoms with van der Waals surface area (Å²) in [6.07, 6.45) is 0.552. The molecule has 1 unspecified atom stereocenters. The molecule has 2 atom stereocenters. The van der Waals surface area contributed by atoms with E-state index in [0.717, 1.165) is 24.2 Å². The first kappa shape index (κ1) is 27.4. The Balaban J connectivity index is 1.46. The van der Waals surface area contributed by atoms with Gasteiger partial charge in [-0.3, -0.25) is 9.69 Å². The van der Waals surface area contributed by atoms with Crippen LogP contribution in [-0.4, -0.2) is 77.0 Å². The number of piperazine rings is 1. The van der Waals surface area contributed by atoms with Crippen LogP contribution in [0.2, 0.25) is 0 Å². The minimum Gasteiger partial charge on any atom is -0.494 e. The predicted octanol–water partition coefficient (Wildman–Crippen LogP) is 4.90. The van der Waals surface area contributed by atoms with Gasteiger partial charge in [0.15, 0.2) is 0 Å². The average molecular weight is 525 g/mol. The first-order valence-corrected chi connectivity index (χ1v) is 13.2. The summed E-state index contributed by atoms with van der Waals surface area (Å²) in [6, 6.07) is 16.6. The van der Waals surface area contributed by atoms with Gasteiger partial charge in [-0.15, -0.1) is 0 Å². The van der Waals surface area contributed by atoms with Crippen molar-refractivity contribution in [3.63, 3.8) is 0 Å². The van der Waals surface area contributed by atoms with Crippen LogP contribution >= 0.6 is 0 Å². The summed E-state index contributed by atoms with van der Waals surface area (Å²) in [5.41, 5.74) is 1.14. The van der Waals surface area contributed by atoms with E-state index in [4.69, 9.17) is 9.47 Å². The van der Waals surface area contributed by atoms with E-state index in [2.05, 4.69) is 0 Å². The molecule has 3 amide bonds. The lowest BCUT2D eigenvalue weighted by Gasteiger charge is -2.45. The molecule has 0 saturated carbocycles. The number of carbonyl (C=O) groups excluding carboxylic acids is 2. The SMILES string of the molecule is CC(C)(C)OC(=O)N1CC[N+](Cc2ccccc2)(C(=O)O)C[C@H]1CCOc1ccc(N2CCCC2=O)cc1. The van der Waals surface area contributed by atoms with Crippen molar-refractivity contribution in [2.75, 3.05) is 37.7 Å². The molecule has 9 nitrogen and oxygen atoms in total. The van der Waals surface area contributed by atoms with Gasteiger partial charge in [-0.25, -0.2) is 9.28 Å². The van der Waals surface area contributed by atoms with E-state index in [9.17, 15) is 19.5 Å². The third kappa shape index (κ3) is 6.64. The predicted molar refractivity (Wildman–Crippen MR) is 143 cm³/mol. The van der Waals surface area contributed by atoms with Gasteiger partial charge in [-0.2, -0.15) is 4.79 Å². The molecule has 2 aromatic carbocycles. The second-order valence-corrected chi connectivity index (χ2v) is 11.1. The summed E-state index contributed by atoms with van der Waals surface area (Å²) in [5.74, 6) is 0.789. The van der Waals surface area contributed by atoms with E-state index in [-0.39, 0.29) is 36.1 Å². The largest absolute Gasteiger partial charge is 0.513 e. The van der Waals surface area contributed by atoms with Crippen molar-refractivity contribution in [1.82, 2.24) is 4.90 Å². The number of carboxylic acid groups (broad SMARTS) is 1. The van der Waals surface area contributed by atoms with Gasteiger partial charge in [0.25, 0.3) is 0 Å². The molecule has 0 radical (unpaired) electrons. The number of benzene rings is 2. The summed E-state index contributed by atoms with van der Waals surface area (Å²) in [5, 5.41) is 10.3. The highest BCUT2D eigenvalue weighted by Gasteiger charge is 2.47. The van der Waals surface area contributed by atoms with Crippen LogP contribution in [0.3, 0.4) is 0 Å². The van der Waals surface area contributed by atoms with Gasteiger partial charge in [0.2, 0.25) is 5.91 Å². The first-order valence-electron chi connectivity index (χ1n) is 13.2. The maximum Gasteiger partial charge on any atom is 0.513 e. The molecule has 2 aromatic rings. The fourth-order valence-corrected chi connectivity index (χ4v) is 5.16. The van der Waals surface area contributed by atoms with Crippen molar-refractivity contribution >= 4 is 23.8 Å². The van der Waals surface area contributed by atoms with Crippen LogP contribution in [-0.2, 0) is 16.1 Å². The summed E-state index contributed by atoms with van der Waals surface area (Å²) in [7, 11) is 0. The quantitative estimate of drug-likeness (QED) is 0.518. The van der Waals surface area contributed by atoms with Crippen LogP contribution in [0.5, 0.6) is 5.75 Å². The fourth-order valence-electron chi connectivity index (χ4n) is 5.16. The highest BCUT2D eigenvalue weighted by molar-refractivity contribution is 5.95. The number of ether oxygens (including phenoxy) is 2. The molecule has 0 spiro atoms. The maximum absolute atomic E-state index is 13.1. The van der Waals surface area contributed by atoms with E-state index >= 15 is 0 Å². The van der Waals surface area contributed by atoms with Crippen molar-refractivity contribution in [3.05, 3.63) is 60.2 Å². The molecule has 1 N–H and O–H groups in total. The van der Waals surface area contributed by atoms with Gasteiger partial charge in [-0.1, -0.05) is 30.3 Å². The first-order chi connectivity index (χ1) is 18.1. The van der Waals surface area contributed by atoms with Crippen LogP contribution in [0, 0.1) is 0 Å². The van der Waals surface area contributed by atoms with Gasteiger partial charge in [-0.05, 0) is 51.5 Å². The van der Waals surface area contributed by atoms with Gasteiger partial charge in [0.05, 0.1) is 19.2 Å². The fraction of sp³-hybridized carbons (Fsp3) is 0.483. The summed E-state index contributed by atoms with van der Waals surface area (Å²) in [6.45, 7) is 7.65. The highest BCUT2D eigenvalue weighted by atomic mass is 16.6. The third-order valence-electron chi connectivity index (χ3n) is 7.07. The van der Waals surface area contributed by atoms with E-state index < -0.39 is 17.8 Å². The smallest absolute Gasteiger partial charge is 0.494 e. The lowest BCUT2D eigenvalue weighted by Crippen LogP contribution is -2.66. The normalized spacial score (nSPS) is 21.9. The molecule has 0 bridgehead atoms. The molecule has 9 heteroatoms. The van der Waals surface area contributed by atoms with E-state index in [1.807, 2.05) is 75.4 Å². The van der Waals surface area contributed by atoms with Crippen LogP contribution in [0.1, 0.15) is 45.6 Å². The number of anilines is 1. The zero-order valence-electron chi connectivity index (χ0n) is 22.5. The Kier molecular flexibility index (Phi) is 8.26. The summed E-state index contributed by atoms with van der Waals surface area (Å²) >= 11 is 0. The topological polar surface area (TPSA) is 96.4 Å². The Bertz CT molecular complexity index is 1130. The molecule has 2 aliphatic heterocycles. The number of quaternary nitrogens is 1. The van der Waals surface area contributed by atoms with Gasteiger partial charge in [0.1, 0.15) is 31.0 Å². The number of carbonyl (C=O) groups is 3. The van der Waals surface area contributed by atoms with Crippen molar-refractivity contribution in [3.8, 4) is 5.75 Å². The highest BCUT2D eigenvalue weighted by Crippen LogP contribution is 2.27. The molecule has 0 aromatic heterocycles. The van der Waals surface area contributed by atoms with Crippen LogP contribution in [0.25, 0.3) is 0 Å². The molecule has 0 aliphatic carbocycles. The molecular formula is C29H38N3O6+. The maximum atomic E-state index is 13.1. The second-order valence-electron chi connectivity index (χ2n) is 11.1.